The number of anilines is 1. The summed E-state index contributed by atoms with van der Waals surface area (Å²) in [4.78, 5) is 14.1. The number of rotatable bonds is 2. The number of hydrazine groups is 1. The van der Waals surface area contributed by atoms with Crippen LogP contribution in [0.15, 0.2) is 23.0 Å². The first-order valence-corrected chi connectivity index (χ1v) is 6.96. The number of alkyl halides is 3. The van der Waals surface area contributed by atoms with E-state index in [1.807, 2.05) is 4.90 Å². The number of nitrogens with two attached hydrogens (primary N) is 1. The van der Waals surface area contributed by atoms with Crippen LogP contribution in [-0.4, -0.2) is 60.3 Å². The molecular weight excluding hydrogens is 313 g/mol. The van der Waals surface area contributed by atoms with Crippen LogP contribution in [0.3, 0.4) is 0 Å². The van der Waals surface area contributed by atoms with Crippen LogP contribution in [0.2, 0.25) is 0 Å². The minimum atomic E-state index is -4.60. The molecule has 3 rings (SSSR count). The molecule has 2 aliphatic rings. The maximum Gasteiger partial charge on any atom is 0.433 e. The Kier molecular flexibility index (Phi) is 4.18. The first-order valence-electron chi connectivity index (χ1n) is 6.96. The highest BCUT2D eigenvalue weighted by atomic mass is 19.4. The van der Waals surface area contributed by atoms with E-state index < -0.39 is 11.9 Å². The van der Waals surface area contributed by atoms with Gasteiger partial charge in [0.1, 0.15) is 12.4 Å². The van der Waals surface area contributed by atoms with E-state index in [1.54, 1.807) is 0 Å². The molecule has 7 nitrogen and oxygen atoms in total. The highest BCUT2D eigenvalue weighted by molar-refractivity contribution is 6.11. The van der Waals surface area contributed by atoms with Gasteiger partial charge in [-0.15, -0.1) is 0 Å². The van der Waals surface area contributed by atoms with Gasteiger partial charge in [0.25, 0.3) is 0 Å². The second-order valence-electron chi connectivity index (χ2n) is 5.02. The van der Waals surface area contributed by atoms with Crippen LogP contribution in [0, 0.1) is 0 Å². The highest BCUT2D eigenvalue weighted by Gasteiger charge is 2.41. The molecule has 3 heterocycles. The van der Waals surface area contributed by atoms with Gasteiger partial charge in [-0.3, -0.25) is 10.0 Å². The number of hydrogen-bond acceptors (Lipinski definition) is 7. The number of morpholine rings is 1. The van der Waals surface area contributed by atoms with Gasteiger partial charge in [-0.1, -0.05) is 0 Å². The molecule has 1 fully saturated rings. The molecule has 1 aromatic rings. The van der Waals surface area contributed by atoms with Crippen LogP contribution in [-0.2, 0) is 4.74 Å². The lowest BCUT2D eigenvalue weighted by Gasteiger charge is -2.28. The van der Waals surface area contributed by atoms with E-state index in [4.69, 9.17) is 10.6 Å². The Bertz CT molecular complexity index is 639. The normalized spacial score (nSPS) is 19.5. The van der Waals surface area contributed by atoms with Crippen molar-refractivity contribution in [2.45, 2.75) is 6.18 Å². The smallest absolute Gasteiger partial charge is 0.378 e. The van der Waals surface area contributed by atoms with E-state index in [-0.39, 0.29) is 17.9 Å². The van der Waals surface area contributed by atoms with E-state index in [0.717, 1.165) is 6.21 Å². The number of hydrogen-bond donors (Lipinski definition) is 1. The monoisotopic (exact) mass is 328 g/mol. The fraction of sp³-hybridized carbons (Fsp3) is 0.462. The Morgan fingerprint density at radius 2 is 1.96 bits per heavy atom. The minimum Gasteiger partial charge on any atom is -0.378 e. The van der Waals surface area contributed by atoms with E-state index >= 15 is 0 Å². The van der Waals surface area contributed by atoms with E-state index in [0.29, 0.717) is 37.3 Å². The van der Waals surface area contributed by atoms with Crippen molar-refractivity contribution in [2.75, 3.05) is 37.9 Å². The zero-order valence-electron chi connectivity index (χ0n) is 12.1. The highest BCUT2D eigenvalue weighted by Crippen LogP contribution is 2.34. The zero-order chi connectivity index (χ0) is 16.4. The number of nitrogens with zero attached hydrogens (tertiary/aromatic N) is 5. The number of aliphatic imine (C=N–C) groups is 1. The predicted octanol–water partition coefficient (Wildman–Crippen LogP) is 0.804. The summed E-state index contributed by atoms with van der Waals surface area (Å²) in [5.74, 6) is 5.81. The van der Waals surface area contributed by atoms with Crippen molar-refractivity contribution in [1.29, 1.82) is 0 Å². The fourth-order valence-electron chi connectivity index (χ4n) is 2.42. The lowest BCUT2D eigenvalue weighted by atomic mass is 10.1. The largest absolute Gasteiger partial charge is 0.433 e. The van der Waals surface area contributed by atoms with Gasteiger partial charge >= 0.3 is 6.18 Å². The molecule has 10 heteroatoms. The molecule has 0 saturated carbocycles. The second-order valence-corrected chi connectivity index (χ2v) is 5.02. The average Bonchev–Trinajstić information content (AvgIpc) is 2.54. The van der Waals surface area contributed by atoms with E-state index in [2.05, 4.69) is 15.0 Å². The summed E-state index contributed by atoms with van der Waals surface area (Å²) in [5, 5.41) is 0.575. The molecule has 0 atom stereocenters. The SMILES string of the molecule is NN1CN=CC(c2ccnc(N3CCOCC3)n2)=C1C(F)(F)F. The number of halogens is 3. The van der Waals surface area contributed by atoms with Crippen LogP contribution >= 0.6 is 0 Å². The molecule has 0 spiro atoms. The van der Waals surface area contributed by atoms with Crippen molar-refractivity contribution < 1.29 is 17.9 Å². The van der Waals surface area contributed by atoms with Gasteiger partial charge in [-0.05, 0) is 6.07 Å². The van der Waals surface area contributed by atoms with Gasteiger partial charge < -0.3 is 9.64 Å². The van der Waals surface area contributed by atoms with Gasteiger partial charge in [0.15, 0.2) is 0 Å². The maximum absolute atomic E-state index is 13.3. The molecule has 23 heavy (non-hydrogen) atoms. The van der Waals surface area contributed by atoms with Gasteiger partial charge in [0.05, 0.1) is 18.9 Å². The average molecular weight is 328 g/mol. The Morgan fingerprint density at radius 1 is 1.22 bits per heavy atom. The van der Waals surface area contributed by atoms with Crippen molar-refractivity contribution in [3.05, 3.63) is 23.7 Å². The summed E-state index contributed by atoms with van der Waals surface area (Å²) in [6.07, 6.45) is -2.02. The quantitative estimate of drug-likeness (QED) is 0.809. The molecule has 0 unspecified atom stereocenters. The Labute approximate surface area is 130 Å². The summed E-state index contributed by atoms with van der Waals surface area (Å²) in [5.41, 5.74) is -0.991. The maximum atomic E-state index is 13.3. The van der Waals surface area contributed by atoms with E-state index in [1.165, 1.54) is 12.3 Å². The standard InChI is InChI=1S/C13H15F3N6O/c14-13(15,16)11-9(7-18-8-22(11)17)10-1-2-19-12(20-10)21-3-5-23-6-4-21/h1-2,7H,3-6,8,17H2. The van der Waals surface area contributed by atoms with Crippen molar-refractivity contribution in [2.24, 2.45) is 10.8 Å². The molecule has 0 radical (unpaired) electrons. The van der Waals surface area contributed by atoms with Gasteiger partial charge in [0.2, 0.25) is 5.95 Å². The lowest BCUT2D eigenvalue weighted by molar-refractivity contribution is -0.111. The topological polar surface area (TPSA) is 79.9 Å². The predicted molar refractivity (Wildman–Crippen MR) is 77.4 cm³/mol. The Morgan fingerprint density at radius 3 is 2.65 bits per heavy atom. The summed E-state index contributed by atoms with van der Waals surface area (Å²) < 4.78 is 45.1. The van der Waals surface area contributed by atoms with Crippen molar-refractivity contribution in [1.82, 2.24) is 15.0 Å². The van der Waals surface area contributed by atoms with Crippen LogP contribution in [0.1, 0.15) is 5.69 Å². The first kappa shape index (κ1) is 15.7. The van der Waals surface area contributed by atoms with Crippen LogP contribution in [0.25, 0.3) is 5.57 Å². The molecule has 1 saturated heterocycles. The summed E-state index contributed by atoms with van der Waals surface area (Å²) in [7, 11) is 0. The number of ether oxygens (including phenoxy) is 1. The van der Waals surface area contributed by atoms with E-state index in [9.17, 15) is 13.2 Å². The molecule has 0 aliphatic carbocycles. The van der Waals surface area contributed by atoms with Gasteiger partial charge in [-0.25, -0.2) is 15.8 Å². The fourth-order valence-corrected chi connectivity index (χ4v) is 2.42. The number of aromatic nitrogens is 2. The molecule has 1 aromatic heterocycles. The van der Waals surface area contributed by atoms with Crippen LogP contribution in [0.4, 0.5) is 19.1 Å². The third-order valence-corrected chi connectivity index (χ3v) is 3.48. The molecular formula is C13H15F3N6O. The molecule has 2 aliphatic heterocycles. The van der Waals surface area contributed by atoms with Crippen LogP contribution in [0.5, 0.6) is 0 Å². The summed E-state index contributed by atoms with van der Waals surface area (Å²) in [6.45, 7) is 1.99. The van der Waals surface area contributed by atoms with Gasteiger partial charge in [0, 0.05) is 31.1 Å². The van der Waals surface area contributed by atoms with Crippen molar-refractivity contribution >= 4 is 17.7 Å². The van der Waals surface area contributed by atoms with Crippen molar-refractivity contribution in [3.63, 3.8) is 0 Å². The molecule has 124 valence electrons. The summed E-state index contributed by atoms with van der Waals surface area (Å²) >= 11 is 0. The summed E-state index contributed by atoms with van der Waals surface area (Å²) in [6, 6.07) is 1.41. The molecule has 0 aromatic carbocycles. The molecule has 0 bridgehead atoms. The Balaban J connectivity index is 2.01. The van der Waals surface area contributed by atoms with Gasteiger partial charge in [-0.2, -0.15) is 13.2 Å². The van der Waals surface area contributed by atoms with Crippen LogP contribution < -0.4 is 10.7 Å². The second kappa shape index (κ2) is 6.13. The lowest BCUT2D eigenvalue weighted by Crippen LogP contribution is -2.40. The molecule has 0 amide bonds. The number of allylic oxidation sites excluding steroid dienone is 2. The molecule has 2 N–H and O–H groups in total. The third kappa shape index (κ3) is 3.27. The zero-order valence-corrected chi connectivity index (χ0v) is 12.1. The third-order valence-electron chi connectivity index (χ3n) is 3.48. The first-order chi connectivity index (χ1) is 11.0. The van der Waals surface area contributed by atoms with Crippen molar-refractivity contribution in [3.8, 4) is 0 Å². The Hall–Kier alpha value is -2.20. The minimum absolute atomic E-state index is 0.132.